The van der Waals surface area contributed by atoms with Gasteiger partial charge in [0, 0.05) is 4.90 Å². The number of hydrogen-bond acceptors (Lipinski definition) is 2. The van der Waals surface area contributed by atoms with Crippen LogP contribution in [0.2, 0.25) is 0 Å². The van der Waals surface area contributed by atoms with Gasteiger partial charge in [-0.3, -0.25) is 0 Å². The quantitative estimate of drug-likeness (QED) is 0.607. The van der Waals surface area contributed by atoms with Crippen LogP contribution in [0.4, 0.5) is 4.39 Å². The Morgan fingerprint density at radius 3 is 2.44 bits per heavy atom. The molecule has 0 aliphatic carbocycles. The second-order valence-electron chi connectivity index (χ2n) is 4.77. The third kappa shape index (κ3) is 4.99. The molecule has 0 spiro atoms. The molecule has 1 aromatic carbocycles. The van der Waals surface area contributed by atoms with E-state index in [0.717, 1.165) is 30.0 Å². The first kappa shape index (κ1) is 13.5. The second-order valence-corrected chi connectivity index (χ2v) is 5.94. The first-order valence-corrected chi connectivity index (χ1v) is 6.60. The molecule has 0 amide bonds. The van der Waals surface area contributed by atoms with E-state index in [4.69, 9.17) is 5.73 Å². The third-order valence-electron chi connectivity index (χ3n) is 2.63. The fourth-order valence-electron chi connectivity index (χ4n) is 1.37. The van der Waals surface area contributed by atoms with Gasteiger partial charge in [0.1, 0.15) is 5.82 Å². The highest BCUT2D eigenvalue weighted by molar-refractivity contribution is 7.99. The van der Waals surface area contributed by atoms with Gasteiger partial charge in [0.15, 0.2) is 0 Å². The minimum Gasteiger partial charge on any atom is -0.330 e. The van der Waals surface area contributed by atoms with E-state index >= 15 is 0 Å². The van der Waals surface area contributed by atoms with E-state index in [9.17, 15) is 4.39 Å². The summed E-state index contributed by atoms with van der Waals surface area (Å²) in [5.74, 6) is 0.892. The molecule has 3 heteroatoms. The zero-order valence-electron chi connectivity index (χ0n) is 10.0. The molecule has 0 bridgehead atoms. The van der Waals surface area contributed by atoms with E-state index in [-0.39, 0.29) is 11.2 Å². The molecule has 16 heavy (non-hydrogen) atoms. The summed E-state index contributed by atoms with van der Waals surface area (Å²) in [5.41, 5.74) is 5.91. The third-order valence-corrected chi connectivity index (χ3v) is 3.73. The van der Waals surface area contributed by atoms with Crippen LogP contribution >= 0.6 is 11.8 Å². The van der Waals surface area contributed by atoms with Crippen LogP contribution in [0.5, 0.6) is 0 Å². The zero-order valence-corrected chi connectivity index (χ0v) is 10.8. The molecule has 0 saturated carbocycles. The molecule has 0 saturated heterocycles. The van der Waals surface area contributed by atoms with Gasteiger partial charge >= 0.3 is 0 Å². The number of nitrogens with two attached hydrogens (primary N) is 1. The van der Waals surface area contributed by atoms with E-state index in [1.165, 1.54) is 12.1 Å². The van der Waals surface area contributed by atoms with E-state index < -0.39 is 0 Å². The molecule has 1 nitrogen and oxygen atoms in total. The number of rotatable bonds is 6. The molecule has 0 radical (unpaired) electrons. The second kappa shape index (κ2) is 6.26. The van der Waals surface area contributed by atoms with Crippen LogP contribution in [0.1, 0.15) is 26.7 Å². The standard InChI is InChI=1S/C13H20FNS/c1-13(2,10-15)8-3-9-16-12-6-4-11(14)5-7-12/h4-7H,3,8-10,15H2,1-2H3. The van der Waals surface area contributed by atoms with Gasteiger partial charge in [-0.05, 0) is 54.8 Å². The maximum absolute atomic E-state index is 12.7. The highest BCUT2D eigenvalue weighted by Crippen LogP contribution is 2.24. The average molecular weight is 241 g/mol. The molecule has 1 rings (SSSR count). The summed E-state index contributed by atoms with van der Waals surface area (Å²) in [6.45, 7) is 5.11. The zero-order chi connectivity index (χ0) is 12.0. The van der Waals surface area contributed by atoms with Crippen molar-refractivity contribution in [2.45, 2.75) is 31.6 Å². The molecule has 0 aliphatic rings. The Kier molecular flexibility index (Phi) is 5.29. The maximum Gasteiger partial charge on any atom is 0.123 e. The van der Waals surface area contributed by atoms with Gasteiger partial charge in [0.2, 0.25) is 0 Å². The van der Waals surface area contributed by atoms with E-state index in [1.54, 1.807) is 11.8 Å². The molecule has 0 atom stereocenters. The molecule has 90 valence electrons. The lowest BCUT2D eigenvalue weighted by atomic mass is 9.88. The SMILES string of the molecule is CC(C)(CN)CCCSc1ccc(F)cc1. The van der Waals surface area contributed by atoms with E-state index in [0.29, 0.717) is 0 Å². The molecular weight excluding hydrogens is 221 g/mol. The van der Waals surface area contributed by atoms with Crippen LogP contribution in [-0.2, 0) is 0 Å². The Balaban J connectivity index is 2.23. The monoisotopic (exact) mass is 241 g/mol. The van der Waals surface area contributed by atoms with Crippen molar-refractivity contribution < 1.29 is 4.39 Å². The summed E-state index contributed by atoms with van der Waals surface area (Å²) >= 11 is 1.77. The largest absolute Gasteiger partial charge is 0.330 e. The maximum atomic E-state index is 12.7. The Morgan fingerprint density at radius 1 is 1.25 bits per heavy atom. The van der Waals surface area contributed by atoms with Crippen molar-refractivity contribution in [2.24, 2.45) is 11.1 Å². The Morgan fingerprint density at radius 2 is 1.88 bits per heavy atom. The predicted octanol–water partition coefficient (Wildman–Crippen LogP) is 3.68. The van der Waals surface area contributed by atoms with Gasteiger partial charge in [-0.25, -0.2) is 4.39 Å². The van der Waals surface area contributed by atoms with Gasteiger partial charge in [0.05, 0.1) is 0 Å². The van der Waals surface area contributed by atoms with Crippen LogP contribution in [-0.4, -0.2) is 12.3 Å². The minimum absolute atomic E-state index is 0.173. The molecule has 0 fully saturated rings. The summed E-state index contributed by atoms with van der Waals surface area (Å²) < 4.78 is 12.7. The number of halogens is 1. The topological polar surface area (TPSA) is 26.0 Å². The van der Waals surface area contributed by atoms with Crippen molar-refractivity contribution in [3.63, 3.8) is 0 Å². The number of thioether (sulfide) groups is 1. The number of benzene rings is 1. The normalized spacial score (nSPS) is 11.8. The van der Waals surface area contributed by atoms with E-state index in [1.807, 2.05) is 12.1 Å². The highest BCUT2D eigenvalue weighted by Gasteiger charge is 2.14. The lowest BCUT2D eigenvalue weighted by Gasteiger charge is -2.21. The van der Waals surface area contributed by atoms with Crippen molar-refractivity contribution in [1.29, 1.82) is 0 Å². The average Bonchev–Trinajstić information content (AvgIpc) is 2.27. The molecule has 2 N–H and O–H groups in total. The van der Waals surface area contributed by atoms with Crippen molar-refractivity contribution in [3.8, 4) is 0 Å². The van der Waals surface area contributed by atoms with Gasteiger partial charge in [0.25, 0.3) is 0 Å². The van der Waals surface area contributed by atoms with Crippen LogP contribution in [0.3, 0.4) is 0 Å². The lowest BCUT2D eigenvalue weighted by molar-refractivity contribution is 0.345. The van der Waals surface area contributed by atoms with Crippen molar-refractivity contribution >= 4 is 11.8 Å². The van der Waals surface area contributed by atoms with Crippen molar-refractivity contribution in [2.75, 3.05) is 12.3 Å². The van der Waals surface area contributed by atoms with Crippen LogP contribution in [0, 0.1) is 11.2 Å². The molecule has 0 aliphatic heterocycles. The Hall–Kier alpha value is -0.540. The lowest BCUT2D eigenvalue weighted by Crippen LogP contribution is -2.23. The van der Waals surface area contributed by atoms with Gasteiger partial charge < -0.3 is 5.73 Å². The molecule has 1 aromatic rings. The molecule has 0 heterocycles. The van der Waals surface area contributed by atoms with Crippen LogP contribution in [0.15, 0.2) is 29.2 Å². The van der Waals surface area contributed by atoms with E-state index in [2.05, 4.69) is 13.8 Å². The first-order chi connectivity index (χ1) is 7.53. The smallest absolute Gasteiger partial charge is 0.123 e. The van der Waals surface area contributed by atoms with Crippen LogP contribution < -0.4 is 5.73 Å². The number of hydrogen-bond donors (Lipinski definition) is 1. The Labute approximate surface area is 102 Å². The van der Waals surface area contributed by atoms with Gasteiger partial charge in [-0.1, -0.05) is 13.8 Å². The summed E-state index contributed by atoms with van der Waals surface area (Å²) in [7, 11) is 0. The fraction of sp³-hybridized carbons (Fsp3) is 0.538. The fourth-order valence-corrected chi connectivity index (χ4v) is 2.23. The molecular formula is C13H20FNS. The highest BCUT2D eigenvalue weighted by atomic mass is 32.2. The minimum atomic E-state index is -0.173. The van der Waals surface area contributed by atoms with Gasteiger partial charge in [-0.2, -0.15) is 0 Å². The van der Waals surface area contributed by atoms with Crippen LogP contribution in [0.25, 0.3) is 0 Å². The summed E-state index contributed by atoms with van der Waals surface area (Å²) in [4.78, 5) is 1.13. The van der Waals surface area contributed by atoms with Gasteiger partial charge in [-0.15, -0.1) is 11.8 Å². The molecule has 0 aromatic heterocycles. The first-order valence-electron chi connectivity index (χ1n) is 5.62. The summed E-state index contributed by atoms with van der Waals surface area (Å²) in [6, 6.07) is 6.67. The predicted molar refractivity (Wildman–Crippen MR) is 69.2 cm³/mol. The summed E-state index contributed by atoms with van der Waals surface area (Å²) in [6.07, 6.45) is 2.28. The molecule has 0 unspecified atom stereocenters. The Bertz CT molecular complexity index is 308. The van der Waals surface area contributed by atoms with Crippen molar-refractivity contribution in [1.82, 2.24) is 0 Å². The summed E-state index contributed by atoms with van der Waals surface area (Å²) in [5, 5.41) is 0. The van der Waals surface area contributed by atoms with Crippen molar-refractivity contribution in [3.05, 3.63) is 30.1 Å².